The van der Waals surface area contributed by atoms with Crippen LogP contribution in [0.2, 0.25) is 0 Å². The Labute approximate surface area is 128 Å². The second-order valence-electron chi connectivity index (χ2n) is 5.02. The van der Waals surface area contributed by atoms with E-state index in [1.54, 1.807) is 4.13 Å². The van der Waals surface area contributed by atoms with E-state index in [0.29, 0.717) is 12.8 Å². The van der Waals surface area contributed by atoms with Crippen molar-refractivity contribution in [2.24, 2.45) is 0 Å². The molecule has 0 heterocycles. The summed E-state index contributed by atoms with van der Waals surface area (Å²) in [6.45, 7) is 0. The third-order valence-electron chi connectivity index (χ3n) is 3.29. The first kappa shape index (κ1) is 16.9. The zero-order chi connectivity index (χ0) is 16.4. The van der Waals surface area contributed by atoms with E-state index in [2.05, 4.69) is 4.72 Å². The number of carboxylic acid groups (broad SMARTS) is 1. The number of hydrogen-bond acceptors (Lipinski definition) is 5. The maximum absolute atomic E-state index is 12.1. The monoisotopic (exact) mass is 348 g/mol. The van der Waals surface area contributed by atoms with Gasteiger partial charge in [-0.3, -0.25) is 0 Å². The van der Waals surface area contributed by atoms with Crippen molar-refractivity contribution in [2.75, 3.05) is 0 Å². The summed E-state index contributed by atoms with van der Waals surface area (Å²) in [4.78, 5) is 10.4. The molecule has 1 aliphatic carbocycles. The van der Waals surface area contributed by atoms with Crippen LogP contribution in [0.15, 0.2) is 29.2 Å². The van der Waals surface area contributed by atoms with Crippen molar-refractivity contribution in [1.29, 1.82) is 0 Å². The predicted molar refractivity (Wildman–Crippen MR) is 78.0 cm³/mol. The Balaban J connectivity index is 2.19. The second-order valence-corrected chi connectivity index (χ2v) is 8.41. The van der Waals surface area contributed by atoms with E-state index in [9.17, 15) is 21.6 Å². The van der Waals surface area contributed by atoms with Gasteiger partial charge in [0, 0.05) is 6.04 Å². The maximum atomic E-state index is 12.1. The zero-order valence-electron chi connectivity index (χ0n) is 11.5. The SMILES string of the molecule is O=C(O)c1cccc(S(=O)(=O)NS(=O)(=O)NC2CCCC2)c1. The highest BCUT2D eigenvalue weighted by Crippen LogP contribution is 2.18. The van der Waals surface area contributed by atoms with Crippen molar-refractivity contribution < 1.29 is 26.7 Å². The number of benzene rings is 1. The molecule has 22 heavy (non-hydrogen) atoms. The summed E-state index contributed by atoms with van der Waals surface area (Å²) in [5.41, 5.74) is -0.246. The summed E-state index contributed by atoms with van der Waals surface area (Å²) in [6.07, 6.45) is 3.10. The van der Waals surface area contributed by atoms with E-state index >= 15 is 0 Å². The standard InChI is InChI=1S/C12H16N2O6S2/c15-12(16)9-4-3-7-11(8-9)21(17,18)14-22(19,20)13-10-5-1-2-6-10/h3-4,7-8,10,13-14H,1-2,5-6H2,(H,15,16). The van der Waals surface area contributed by atoms with Crippen molar-refractivity contribution in [3.63, 3.8) is 0 Å². The number of aromatic carboxylic acids is 1. The molecule has 0 radical (unpaired) electrons. The summed E-state index contributed by atoms with van der Waals surface area (Å²) in [7, 11) is -8.62. The van der Waals surface area contributed by atoms with E-state index in [0.717, 1.165) is 25.0 Å². The Morgan fingerprint density at radius 1 is 1.14 bits per heavy atom. The summed E-state index contributed by atoms with van der Waals surface area (Å²) in [6, 6.07) is 4.19. The second kappa shape index (κ2) is 6.32. The molecule has 122 valence electrons. The average molecular weight is 348 g/mol. The van der Waals surface area contributed by atoms with E-state index in [-0.39, 0.29) is 11.6 Å². The molecule has 0 aliphatic heterocycles. The largest absolute Gasteiger partial charge is 0.478 e. The Morgan fingerprint density at radius 3 is 2.36 bits per heavy atom. The highest BCUT2D eigenvalue weighted by atomic mass is 32.3. The third-order valence-corrected chi connectivity index (χ3v) is 6.56. The zero-order valence-corrected chi connectivity index (χ0v) is 13.2. The number of carbonyl (C=O) groups is 1. The van der Waals surface area contributed by atoms with Gasteiger partial charge in [-0.15, -0.1) is 0 Å². The lowest BCUT2D eigenvalue weighted by Gasteiger charge is -2.13. The van der Waals surface area contributed by atoms with Crippen molar-refractivity contribution in [3.8, 4) is 0 Å². The lowest BCUT2D eigenvalue weighted by Crippen LogP contribution is -2.44. The number of carboxylic acids is 1. The number of sulfonamides is 1. The number of nitrogens with one attached hydrogen (secondary N) is 2. The van der Waals surface area contributed by atoms with Gasteiger partial charge in [0.25, 0.3) is 20.2 Å². The average Bonchev–Trinajstić information content (AvgIpc) is 2.89. The van der Waals surface area contributed by atoms with Crippen LogP contribution < -0.4 is 8.85 Å². The summed E-state index contributed by atoms with van der Waals surface area (Å²) < 4.78 is 51.8. The molecule has 0 aromatic heterocycles. The van der Waals surface area contributed by atoms with Crippen molar-refractivity contribution >= 4 is 26.2 Å². The lowest BCUT2D eigenvalue weighted by atomic mass is 10.2. The van der Waals surface area contributed by atoms with Crippen LogP contribution in [0.25, 0.3) is 0 Å². The first-order valence-corrected chi connectivity index (χ1v) is 9.55. The molecule has 10 heteroatoms. The summed E-state index contributed by atoms with van der Waals surface area (Å²) in [5.74, 6) is -1.30. The van der Waals surface area contributed by atoms with Crippen LogP contribution in [-0.4, -0.2) is 34.0 Å². The van der Waals surface area contributed by atoms with Gasteiger partial charge < -0.3 is 5.11 Å². The molecular formula is C12H16N2O6S2. The van der Waals surface area contributed by atoms with Crippen molar-refractivity contribution in [1.82, 2.24) is 8.85 Å². The fraction of sp³-hybridized carbons (Fsp3) is 0.417. The van der Waals surface area contributed by atoms with E-state index < -0.39 is 31.1 Å². The molecule has 0 bridgehead atoms. The minimum absolute atomic E-state index is 0.246. The molecule has 1 aromatic rings. The molecular weight excluding hydrogens is 332 g/mol. The van der Waals surface area contributed by atoms with E-state index in [1.807, 2.05) is 0 Å². The van der Waals surface area contributed by atoms with Crippen LogP contribution in [-0.2, 0) is 20.2 Å². The van der Waals surface area contributed by atoms with Crippen molar-refractivity contribution in [3.05, 3.63) is 29.8 Å². The highest BCUT2D eigenvalue weighted by Gasteiger charge is 2.27. The first-order chi connectivity index (χ1) is 10.2. The molecule has 1 aliphatic rings. The Morgan fingerprint density at radius 2 is 1.77 bits per heavy atom. The number of rotatable bonds is 6. The molecule has 0 atom stereocenters. The molecule has 0 saturated heterocycles. The quantitative estimate of drug-likeness (QED) is 0.684. The molecule has 8 nitrogen and oxygen atoms in total. The van der Waals surface area contributed by atoms with E-state index in [4.69, 9.17) is 5.11 Å². The van der Waals surface area contributed by atoms with Crippen LogP contribution in [0.3, 0.4) is 0 Å². The third kappa shape index (κ3) is 4.26. The van der Waals surface area contributed by atoms with Crippen LogP contribution >= 0.6 is 0 Å². The molecule has 0 spiro atoms. The summed E-state index contributed by atoms with van der Waals surface area (Å²) >= 11 is 0. The maximum Gasteiger partial charge on any atom is 0.335 e. The minimum atomic E-state index is -4.38. The Kier molecular flexibility index (Phi) is 4.85. The van der Waals surface area contributed by atoms with Crippen LogP contribution in [0.1, 0.15) is 36.0 Å². The van der Waals surface area contributed by atoms with Crippen LogP contribution in [0.5, 0.6) is 0 Å². The van der Waals surface area contributed by atoms with Crippen LogP contribution in [0, 0.1) is 0 Å². The molecule has 1 saturated carbocycles. The van der Waals surface area contributed by atoms with Gasteiger partial charge in [0.15, 0.2) is 0 Å². The minimum Gasteiger partial charge on any atom is -0.478 e. The van der Waals surface area contributed by atoms with Crippen molar-refractivity contribution in [2.45, 2.75) is 36.6 Å². The Hall–Kier alpha value is -1.49. The van der Waals surface area contributed by atoms with Gasteiger partial charge in [-0.1, -0.05) is 23.0 Å². The molecule has 1 fully saturated rings. The van der Waals surface area contributed by atoms with Gasteiger partial charge in [-0.2, -0.15) is 13.1 Å². The molecule has 0 unspecified atom stereocenters. The van der Waals surface area contributed by atoms with E-state index in [1.165, 1.54) is 12.1 Å². The lowest BCUT2D eigenvalue weighted by molar-refractivity contribution is 0.0696. The fourth-order valence-corrected chi connectivity index (χ4v) is 5.22. The van der Waals surface area contributed by atoms with Gasteiger partial charge >= 0.3 is 5.97 Å². The van der Waals surface area contributed by atoms with Gasteiger partial charge in [0.1, 0.15) is 0 Å². The summed E-state index contributed by atoms with van der Waals surface area (Å²) in [5, 5.41) is 8.85. The van der Waals surface area contributed by atoms with Gasteiger partial charge in [-0.05, 0) is 31.0 Å². The molecule has 3 N–H and O–H groups in total. The van der Waals surface area contributed by atoms with Crippen LogP contribution in [0.4, 0.5) is 0 Å². The number of hydrogen-bond donors (Lipinski definition) is 3. The first-order valence-electron chi connectivity index (χ1n) is 6.59. The normalized spacial score (nSPS) is 16.7. The smallest absolute Gasteiger partial charge is 0.335 e. The Bertz CT molecular complexity index is 767. The predicted octanol–water partition coefficient (Wildman–Crippen LogP) is 0.440. The molecule has 0 amide bonds. The van der Waals surface area contributed by atoms with Gasteiger partial charge in [0.05, 0.1) is 10.5 Å². The molecule has 2 rings (SSSR count). The van der Waals surface area contributed by atoms with Gasteiger partial charge in [0.2, 0.25) is 0 Å². The van der Waals surface area contributed by atoms with Gasteiger partial charge in [-0.25, -0.2) is 13.2 Å². The topological polar surface area (TPSA) is 130 Å². The highest BCUT2D eigenvalue weighted by molar-refractivity contribution is 8.03. The molecule has 1 aromatic carbocycles. The fourth-order valence-electron chi connectivity index (χ4n) is 2.28.